The van der Waals surface area contributed by atoms with Gasteiger partial charge in [0.05, 0.1) is 11.0 Å². The SMILES string of the molecule is CC(C)OS(=O)(=O)c1ccc(Cl)c([N+](=O)[O-])c1. The molecular formula is C9H10ClNO5S. The quantitative estimate of drug-likeness (QED) is 0.480. The Labute approximate surface area is 103 Å². The number of hydrogen-bond donors (Lipinski definition) is 0. The molecule has 0 radical (unpaired) electrons. The maximum absolute atomic E-state index is 11.6. The summed E-state index contributed by atoms with van der Waals surface area (Å²) in [5.41, 5.74) is -0.472. The number of nitro groups is 1. The fourth-order valence-electron chi connectivity index (χ4n) is 1.10. The monoisotopic (exact) mass is 279 g/mol. The van der Waals surface area contributed by atoms with E-state index in [4.69, 9.17) is 15.8 Å². The number of benzene rings is 1. The lowest BCUT2D eigenvalue weighted by Gasteiger charge is -2.08. The Hall–Kier alpha value is -1.18. The average Bonchev–Trinajstić information content (AvgIpc) is 2.15. The molecule has 1 aromatic carbocycles. The molecule has 0 atom stereocenters. The molecule has 94 valence electrons. The van der Waals surface area contributed by atoms with Crippen molar-refractivity contribution in [3.8, 4) is 0 Å². The smallest absolute Gasteiger partial charge is 0.264 e. The molecule has 0 aliphatic carbocycles. The van der Waals surface area contributed by atoms with Gasteiger partial charge < -0.3 is 0 Å². The first kappa shape index (κ1) is 13.9. The van der Waals surface area contributed by atoms with Crippen molar-refractivity contribution < 1.29 is 17.5 Å². The maximum Gasteiger partial charge on any atom is 0.297 e. The number of nitro benzene ring substituents is 1. The molecule has 1 aromatic rings. The van der Waals surface area contributed by atoms with Gasteiger partial charge in [0.15, 0.2) is 0 Å². The van der Waals surface area contributed by atoms with Crippen molar-refractivity contribution in [2.45, 2.75) is 24.8 Å². The predicted molar refractivity (Wildman–Crippen MR) is 61.5 cm³/mol. The summed E-state index contributed by atoms with van der Waals surface area (Å²) >= 11 is 5.57. The second-order valence-corrected chi connectivity index (χ2v) is 5.45. The average molecular weight is 280 g/mol. The van der Waals surface area contributed by atoms with Gasteiger partial charge in [-0.1, -0.05) is 11.6 Å². The second-order valence-electron chi connectivity index (χ2n) is 3.47. The third-order valence-electron chi connectivity index (χ3n) is 1.72. The molecule has 0 spiro atoms. The van der Waals surface area contributed by atoms with Crippen LogP contribution in [0, 0.1) is 10.1 Å². The van der Waals surface area contributed by atoms with Gasteiger partial charge in [-0.3, -0.25) is 14.3 Å². The van der Waals surface area contributed by atoms with Crippen molar-refractivity contribution in [1.82, 2.24) is 0 Å². The zero-order chi connectivity index (χ0) is 13.2. The van der Waals surface area contributed by atoms with Crippen molar-refractivity contribution in [2.75, 3.05) is 0 Å². The van der Waals surface area contributed by atoms with Gasteiger partial charge >= 0.3 is 0 Å². The van der Waals surface area contributed by atoms with Gasteiger partial charge in [-0.2, -0.15) is 8.42 Å². The summed E-state index contributed by atoms with van der Waals surface area (Å²) in [6.07, 6.45) is -0.547. The van der Waals surface area contributed by atoms with Gasteiger partial charge in [0.2, 0.25) is 0 Å². The minimum atomic E-state index is -4.00. The molecule has 0 aliphatic rings. The van der Waals surface area contributed by atoms with Gasteiger partial charge in [0.25, 0.3) is 15.8 Å². The van der Waals surface area contributed by atoms with E-state index in [1.807, 2.05) is 0 Å². The molecule has 0 fully saturated rings. The van der Waals surface area contributed by atoms with E-state index in [9.17, 15) is 18.5 Å². The van der Waals surface area contributed by atoms with E-state index in [-0.39, 0.29) is 9.92 Å². The molecule has 6 nitrogen and oxygen atoms in total. The van der Waals surface area contributed by atoms with E-state index in [0.29, 0.717) is 0 Å². The number of nitrogens with zero attached hydrogens (tertiary/aromatic N) is 1. The van der Waals surface area contributed by atoms with E-state index in [2.05, 4.69) is 0 Å². The molecule has 0 saturated carbocycles. The minimum Gasteiger partial charge on any atom is -0.264 e. The highest BCUT2D eigenvalue weighted by atomic mass is 35.5. The molecule has 0 heterocycles. The summed E-state index contributed by atoms with van der Waals surface area (Å²) in [5, 5.41) is 10.5. The van der Waals surface area contributed by atoms with Gasteiger partial charge in [0.1, 0.15) is 9.92 Å². The van der Waals surface area contributed by atoms with Crippen LogP contribution in [-0.2, 0) is 14.3 Å². The maximum atomic E-state index is 11.6. The fraction of sp³-hybridized carbons (Fsp3) is 0.333. The summed E-state index contributed by atoms with van der Waals surface area (Å²) in [6, 6.07) is 3.18. The van der Waals surface area contributed by atoms with Crippen molar-refractivity contribution in [2.24, 2.45) is 0 Å². The number of hydrogen-bond acceptors (Lipinski definition) is 5. The largest absolute Gasteiger partial charge is 0.297 e. The van der Waals surface area contributed by atoms with Crippen LogP contribution in [0.4, 0.5) is 5.69 Å². The molecule has 17 heavy (non-hydrogen) atoms. The summed E-state index contributed by atoms with van der Waals surface area (Å²) in [4.78, 5) is 9.57. The highest BCUT2D eigenvalue weighted by Gasteiger charge is 2.22. The molecule has 1 rings (SSSR count). The predicted octanol–water partition coefficient (Wildman–Crippen LogP) is 2.36. The highest BCUT2D eigenvalue weighted by molar-refractivity contribution is 7.86. The van der Waals surface area contributed by atoms with Crippen LogP contribution in [0.5, 0.6) is 0 Å². The van der Waals surface area contributed by atoms with Crippen molar-refractivity contribution in [3.63, 3.8) is 0 Å². The standard InChI is InChI=1S/C9H10ClNO5S/c1-6(2)16-17(14,15)7-3-4-8(10)9(5-7)11(12)13/h3-6H,1-2H3. The van der Waals surface area contributed by atoms with E-state index >= 15 is 0 Å². The summed E-state index contributed by atoms with van der Waals surface area (Å²) in [5.74, 6) is 0. The van der Waals surface area contributed by atoms with E-state index in [1.165, 1.54) is 0 Å². The lowest BCUT2D eigenvalue weighted by atomic mass is 10.3. The molecule has 0 aliphatic heterocycles. The molecule has 0 amide bonds. The van der Waals surface area contributed by atoms with Crippen LogP contribution in [0.25, 0.3) is 0 Å². The topological polar surface area (TPSA) is 86.5 Å². The second kappa shape index (κ2) is 4.99. The molecule has 0 unspecified atom stereocenters. The van der Waals surface area contributed by atoms with Crippen molar-refractivity contribution in [1.29, 1.82) is 0 Å². The molecule has 0 saturated heterocycles. The Balaban J connectivity index is 3.25. The number of halogens is 1. The summed E-state index contributed by atoms with van der Waals surface area (Å²) in [6.45, 7) is 3.09. The number of rotatable bonds is 4. The van der Waals surface area contributed by atoms with Gasteiger partial charge in [-0.25, -0.2) is 0 Å². The van der Waals surface area contributed by atoms with Crippen molar-refractivity contribution >= 4 is 27.4 Å². The van der Waals surface area contributed by atoms with Crippen LogP contribution in [0.3, 0.4) is 0 Å². The minimum absolute atomic E-state index is 0.126. The Morgan fingerprint density at radius 1 is 1.41 bits per heavy atom. The first-order valence-corrected chi connectivity index (χ1v) is 6.40. The fourth-order valence-corrected chi connectivity index (χ4v) is 2.39. The zero-order valence-electron chi connectivity index (χ0n) is 9.08. The highest BCUT2D eigenvalue weighted by Crippen LogP contribution is 2.28. The van der Waals surface area contributed by atoms with Crippen LogP contribution in [0.1, 0.15) is 13.8 Å². The van der Waals surface area contributed by atoms with E-state index in [1.54, 1.807) is 13.8 Å². The first-order valence-electron chi connectivity index (χ1n) is 4.61. The Kier molecular flexibility index (Phi) is 4.07. The van der Waals surface area contributed by atoms with E-state index < -0.39 is 26.8 Å². The molecule has 0 aromatic heterocycles. The molecular weight excluding hydrogens is 270 g/mol. The normalized spacial score (nSPS) is 11.8. The molecule has 8 heteroatoms. The van der Waals surface area contributed by atoms with Gasteiger partial charge in [0, 0.05) is 6.07 Å². The van der Waals surface area contributed by atoms with Crippen LogP contribution >= 0.6 is 11.6 Å². The van der Waals surface area contributed by atoms with Crippen LogP contribution < -0.4 is 0 Å². The first-order chi connectivity index (χ1) is 7.74. The molecule has 0 bridgehead atoms. The lowest BCUT2D eigenvalue weighted by molar-refractivity contribution is -0.384. The zero-order valence-corrected chi connectivity index (χ0v) is 10.7. The summed E-state index contributed by atoms with van der Waals surface area (Å²) in [7, 11) is -4.00. The molecule has 0 N–H and O–H groups in total. The third-order valence-corrected chi connectivity index (χ3v) is 3.51. The Morgan fingerprint density at radius 3 is 2.47 bits per heavy atom. The van der Waals surface area contributed by atoms with Crippen LogP contribution in [-0.4, -0.2) is 19.4 Å². The van der Waals surface area contributed by atoms with Crippen LogP contribution in [0.15, 0.2) is 23.1 Å². The van der Waals surface area contributed by atoms with Gasteiger partial charge in [-0.15, -0.1) is 0 Å². The Bertz CT molecular complexity index is 540. The van der Waals surface area contributed by atoms with Gasteiger partial charge in [-0.05, 0) is 26.0 Å². The summed E-state index contributed by atoms with van der Waals surface area (Å²) < 4.78 is 28.0. The van der Waals surface area contributed by atoms with E-state index in [0.717, 1.165) is 18.2 Å². The Morgan fingerprint density at radius 2 is 2.00 bits per heavy atom. The lowest BCUT2D eigenvalue weighted by Crippen LogP contribution is -2.12. The van der Waals surface area contributed by atoms with Crippen molar-refractivity contribution in [3.05, 3.63) is 33.3 Å². The van der Waals surface area contributed by atoms with Crippen LogP contribution in [0.2, 0.25) is 5.02 Å². The third kappa shape index (κ3) is 3.39.